The first-order chi connectivity index (χ1) is 38.6. The minimum Gasteiger partial charge on any atom is -0.463 e. The van der Waals surface area contributed by atoms with Crippen molar-refractivity contribution in [3.63, 3.8) is 0 Å². The van der Waals surface area contributed by atoms with Crippen LogP contribution in [0.4, 0.5) is 0 Å². The summed E-state index contributed by atoms with van der Waals surface area (Å²) in [5, 5.41) is 0. The zero-order chi connectivity index (χ0) is 61.4. The van der Waals surface area contributed by atoms with Crippen molar-refractivity contribution in [3.05, 3.63) is 142 Å². The number of unbranched alkanes of at least 4 members (excludes halogenated alkanes) is 8. The molecular weight excluding hydrogens is 1040 g/mol. The monoisotopic (exact) mass is 1140 g/mol. The number of hydrogen-bond donors (Lipinski definition) is 0. The Morgan fingerprint density at radius 3 is 1.55 bits per heavy atom. The first kappa shape index (κ1) is 71.9. The van der Waals surface area contributed by atoms with Gasteiger partial charge in [-0.05, 0) is 96.8 Å². The second kappa shape index (κ2) is 37.8. The highest BCUT2D eigenvalue weighted by molar-refractivity contribution is 5.97. The molecular formula is C69H100O13. The van der Waals surface area contributed by atoms with Crippen molar-refractivity contribution in [2.24, 2.45) is 11.3 Å². The number of hydrogen-bond acceptors (Lipinski definition) is 13. The predicted molar refractivity (Wildman–Crippen MR) is 327 cm³/mol. The Labute approximate surface area is 492 Å². The molecule has 0 aromatic carbocycles. The van der Waals surface area contributed by atoms with E-state index in [1.807, 2.05) is 88.5 Å². The molecule has 13 heteroatoms. The molecule has 1 saturated heterocycles. The molecule has 0 spiro atoms. The van der Waals surface area contributed by atoms with Crippen LogP contribution in [-0.4, -0.2) is 84.6 Å². The van der Waals surface area contributed by atoms with Crippen molar-refractivity contribution < 1.29 is 61.9 Å². The Balaban J connectivity index is 2.14. The second-order valence-electron chi connectivity index (χ2n) is 23.4. The van der Waals surface area contributed by atoms with Crippen LogP contribution in [0.15, 0.2) is 142 Å². The fourth-order valence-electron chi connectivity index (χ4n) is 9.31. The summed E-state index contributed by atoms with van der Waals surface area (Å²) in [6.07, 6.45) is 38.4. The van der Waals surface area contributed by atoms with Crippen LogP contribution in [0.25, 0.3) is 0 Å². The summed E-state index contributed by atoms with van der Waals surface area (Å²) in [4.78, 5) is 75.5. The van der Waals surface area contributed by atoms with Crippen molar-refractivity contribution in [1.82, 2.24) is 0 Å². The zero-order valence-corrected chi connectivity index (χ0v) is 52.6. The Bertz CT molecular complexity index is 2490. The lowest BCUT2D eigenvalue weighted by molar-refractivity contribution is -0.333. The van der Waals surface area contributed by atoms with E-state index in [1.54, 1.807) is 26.0 Å². The molecule has 2 rings (SSSR count). The van der Waals surface area contributed by atoms with Crippen molar-refractivity contribution >= 4 is 35.6 Å². The number of ether oxygens (including phenoxy) is 7. The van der Waals surface area contributed by atoms with E-state index in [-0.39, 0.29) is 17.6 Å². The van der Waals surface area contributed by atoms with Gasteiger partial charge in [-0.25, -0.2) is 0 Å². The average molecular weight is 1140 g/mol. The predicted octanol–water partition coefficient (Wildman–Crippen LogP) is 15.5. The summed E-state index contributed by atoms with van der Waals surface area (Å²) < 4.78 is 41.2. The molecule has 1 aliphatic carbocycles. The average Bonchev–Trinajstić information content (AvgIpc) is 3.49. The molecule has 82 heavy (non-hydrogen) atoms. The van der Waals surface area contributed by atoms with Crippen molar-refractivity contribution in [2.75, 3.05) is 6.61 Å². The van der Waals surface area contributed by atoms with Crippen LogP contribution in [0.5, 0.6) is 0 Å². The SMILES string of the molecule is CC(=O)O[C@@H]1[C@@H](OC(C)=O)[C@H](OC(C)(C)[C@H](/C=C/C(C)=C/C=C/C(C)=C/C=C/C(C)=C/C=C/C=C(C)/C=C/C=C(C)/C=C/C2=C(C)C(=O)CCC2(C)C)OC(C)=O)O[C@H](COC(=O)CCCCCCCCCCCC(C)C)[C@H]1OC(C)=O. The Morgan fingerprint density at radius 1 is 0.598 bits per heavy atom. The number of esters is 5. The third-order valence-corrected chi connectivity index (χ3v) is 14.0. The van der Waals surface area contributed by atoms with Gasteiger partial charge in [-0.3, -0.25) is 28.8 Å². The highest BCUT2D eigenvalue weighted by atomic mass is 16.7. The van der Waals surface area contributed by atoms with Crippen molar-refractivity contribution in [3.8, 4) is 0 Å². The van der Waals surface area contributed by atoms with Crippen molar-refractivity contribution in [1.29, 1.82) is 0 Å². The summed E-state index contributed by atoms with van der Waals surface area (Å²) in [5.74, 6) is -2.37. The molecule has 0 N–H and O–H groups in total. The van der Waals surface area contributed by atoms with Gasteiger partial charge in [-0.15, -0.1) is 0 Å². The topological polar surface area (TPSA) is 167 Å². The van der Waals surface area contributed by atoms with Crippen LogP contribution in [0.3, 0.4) is 0 Å². The van der Waals surface area contributed by atoms with E-state index in [2.05, 4.69) is 71.9 Å². The lowest BCUT2D eigenvalue weighted by Gasteiger charge is -2.46. The molecule has 0 radical (unpaired) electrons. The second-order valence-corrected chi connectivity index (χ2v) is 23.4. The minimum absolute atomic E-state index is 0.00578. The minimum atomic E-state index is -1.50. The third-order valence-electron chi connectivity index (χ3n) is 14.0. The first-order valence-electron chi connectivity index (χ1n) is 29.5. The van der Waals surface area contributed by atoms with Gasteiger partial charge in [-0.1, -0.05) is 211 Å². The van der Waals surface area contributed by atoms with Gasteiger partial charge in [0.1, 0.15) is 24.4 Å². The number of ketones is 1. The molecule has 2 aliphatic rings. The Hall–Kier alpha value is -6.18. The number of allylic oxidation sites excluding steroid dienone is 23. The van der Waals surface area contributed by atoms with Crippen LogP contribution in [-0.2, 0) is 61.9 Å². The van der Waals surface area contributed by atoms with Crippen LogP contribution >= 0.6 is 0 Å². The molecule has 0 amide bonds. The van der Waals surface area contributed by atoms with E-state index in [0.717, 1.165) is 91.4 Å². The normalized spacial score (nSPS) is 21.3. The highest BCUT2D eigenvalue weighted by Crippen LogP contribution is 2.40. The van der Waals surface area contributed by atoms with Gasteiger partial charge < -0.3 is 33.2 Å². The number of carbonyl (C=O) groups excluding carboxylic acids is 6. The number of Topliss-reactive ketones (excluding diaryl/α,β-unsaturated/α-hetero) is 1. The standard InChI is InChI=1S/C69H100O13/c1-48(2)31-24-22-20-18-17-19-21-23-25-40-63(75)76-47-61-64(78-56(10)71)65(79-57(11)72)66(80-58(12)73)67(81-61)82-69(15,16)62(77-55(9)70)44-42-53(7)39-30-37-51(5)36-28-34-49(3)32-26-27-33-50(4)35-29-38-52(6)41-43-59-54(8)60(74)45-46-68(59,13)14/h26-30,32-39,41-44,48,61-62,64-67H,17-25,31,40,45-47H2,1-16H3/b27-26+,34-28+,35-29+,37-30+,43-41+,44-42+,49-32+,50-33+,51-36+,52-38+,53-39+/t61-,62+,64-,65+,66-,67+/m1/s1. The number of rotatable bonds is 33. The maximum Gasteiger partial charge on any atom is 0.305 e. The van der Waals surface area contributed by atoms with Gasteiger partial charge in [-0.2, -0.15) is 0 Å². The Morgan fingerprint density at radius 2 is 1.05 bits per heavy atom. The molecule has 1 fully saturated rings. The smallest absolute Gasteiger partial charge is 0.305 e. The molecule has 1 heterocycles. The van der Waals surface area contributed by atoms with Gasteiger partial charge >= 0.3 is 29.8 Å². The summed E-state index contributed by atoms with van der Waals surface area (Å²) in [5.41, 5.74) is 5.71. The molecule has 6 atom stereocenters. The van der Waals surface area contributed by atoms with E-state index in [1.165, 1.54) is 45.4 Å². The van der Waals surface area contributed by atoms with Crippen LogP contribution in [0.2, 0.25) is 0 Å². The molecule has 0 unspecified atom stereocenters. The zero-order valence-electron chi connectivity index (χ0n) is 52.6. The van der Waals surface area contributed by atoms with E-state index in [4.69, 9.17) is 33.2 Å². The summed E-state index contributed by atoms with van der Waals surface area (Å²) in [6.45, 7) is 28.5. The molecule has 0 aromatic rings. The van der Waals surface area contributed by atoms with E-state index >= 15 is 0 Å². The van der Waals surface area contributed by atoms with E-state index in [9.17, 15) is 28.8 Å². The van der Waals surface area contributed by atoms with Gasteiger partial charge in [0.15, 0.2) is 30.4 Å². The van der Waals surface area contributed by atoms with Crippen LogP contribution in [0, 0.1) is 11.3 Å². The highest BCUT2D eigenvalue weighted by Gasteiger charge is 2.54. The molecule has 13 nitrogen and oxygen atoms in total. The molecule has 454 valence electrons. The number of carbonyl (C=O) groups is 6. The quantitative estimate of drug-likeness (QED) is 0.0264. The maximum atomic E-state index is 13.0. The maximum absolute atomic E-state index is 13.0. The lowest BCUT2D eigenvalue weighted by Crippen LogP contribution is -2.64. The van der Waals surface area contributed by atoms with E-state index < -0.39 is 78.9 Å². The summed E-state index contributed by atoms with van der Waals surface area (Å²) in [7, 11) is 0. The Kier molecular flexibility index (Phi) is 33.2. The first-order valence-corrected chi connectivity index (χ1v) is 29.5. The van der Waals surface area contributed by atoms with Crippen LogP contribution < -0.4 is 0 Å². The summed E-state index contributed by atoms with van der Waals surface area (Å²) in [6, 6.07) is 0. The van der Waals surface area contributed by atoms with Crippen molar-refractivity contribution in [2.45, 2.75) is 237 Å². The third kappa shape index (κ3) is 29.7. The van der Waals surface area contributed by atoms with Crippen LogP contribution in [0.1, 0.15) is 194 Å². The molecule has 1 aliphatic heterocycles. The molecule has 0 aromatic heterocycles. The van der Waals surface area contributed by atoms with Gasteiger partial charge in [0.05, 0.1) is 0 Å². The van der Waals surface area contributed by atoms with E-state index in [0.29, 0.717) is 12.8 Å². The fraction of sp³-hybridized carbons (Fsp3) is 0.565. The lowest BCUT2D eigenvalue weighted by atomic mass is 9.72. The van der Waals surface area contributed by atoms with Gasteiger partial charge in [0.2, 0.25) is 0 Å². The molecule has 0 bridgehead atoms. The van der Waals surface area contributed by atoms with Gasteiger partial charge in [0.25, 0.3) is 0 Å². The largest absolute Gasteiger partial charge is 0.463 e. The molecule has 0 saturated carbocycles. The van der Waals surface area contributed by atoms with Gasteiger partial charge in [0, 0.05) is 40.5 Å². The summed E-state index contributed by atoms with van der Waals surface area (Å²) >= 11 is 0. The fourth-order valence-corrected chi connectivity index (χ4v) is 9.31.